The van der Waals surface area contributed by atoms with E-state index < -0.39 is 28.3 Å². The second kappa shape index (κ2) is 6.67. The molecule has 1 aromatic carbocycles. The molecule has 6 nitrogen and oxygen atoms in total. The second-order valence-electron chi connectivity index (χ2n) is 5.49. The van der Waals surface area contributed by atoms with Gasteiger partial charge in [0.05, 0.1) is 28.3 Å². The first-order chi connectivity index (χ1) is 11.4. The van der Waals surface area contributed by atoms with Gasteiger partial charge in [0.15, 0.2) is 15.0 Å². The number of para-hydroxylation sites is 2. The molecule has 1 aromatic heterocycles. The van der Waals surface area contributed by atoms with Crippen LogP contribution in [-0.2, 0) is 14.6 Å². The predicted octanol–water partition coefficient (Wildman–Crippen LogP) is 1.83. The molecule has 0 bridgehead atoms. The third-order valence-corrected chi connectivity index (χ3v) is 6.41. The largest absolute Gasteiger partial charge is 0.352 e. The van der Waals surface area contributed by atoms with E-state index >= 15 is 0 Å². The highest BCUT2D eigenvalue weighted by Crippen LogP contribution is 2.29. The zero-order valence-corrected chi connectivity index (χ0v) is 14.1. The summed E-state index contributed by atoms with van der Waals surface area (Å²) in [5, 5.41) is 2.68. The topological polar surface area (TPSA) is 81.1 Å². The maximum absolute atomic E-state index is 13.3. The van der Waals surface area contributed by atoms with Gasteiger partial charge in [0.2, 0.25) is 5.91 Å². The molecule has 0 spiro atoms. The number of hydrogen-bond donors (Lipinski definition) is 1. The van der Waals surface area contributed by atoms with Crippen LogP contribution in [0.15, 0.2) is 29.4 Å². The summed E-state index contributed by atoms with van der Waals surface area (Å²) in [4.78, 5) is 16.1. The SMILES string of the molecule is O=C(CSc1nc2ccccc2n1C(F)F)NC1CCS(=O)(=O)C1. The molecule has 1 amide bonds. The summed E-state index contributed by atoms with van der Waals surface area (Å²) in [5.74, 6) is -0.507. The van der Waals surface area contributed by atoms with Crippen LogP contribution in [0.5, 0.6) is 0 Å². The summed E-state index contributed by atoms with van der Waals surface area (Å²) in [6.07, 6.45) is 0.383. The number of aromatic nitrogens is 2. The normalized spacial score (nSPS) is 19.9. The number of hydrogen-bond acceptors (Lipinski definition) is 5. The molecule has 1 aliphatic heterocycles. The van der Waals surface area contributed by atoms with E-state index in [1.807, 2.05) is 0 Å². The third kappa shape index (κ3) is 3.69. The van der Waals surface area contributed by atoms with Crippen molar-refractivity contribution in [1.82, 2.24) is 14.9 Å². The quantitative estimate of drug-likeness (QED) is 0.807. The Morgan fingerprint density at radius 2 is 2.17 bits per heavy atom. The number of alkyl halides is 2. The van der Waals surface area contributed by atoms with Crippen molar-refractivity contribution in [2.45, 2.75) is 24.2 Å². The molecule has 1 saturated heterocycles. The standard InChI is InChI=1S/C14H15F2N3O3S2/c15-13(16)19-11-4-2-1-3-10(11)18-14(19)23-7-12(20)17-9-5-6-24(21,22)8-9/h1-4,9,13H,5-8H2,(H,17,20). The molecule has 0 aliphatic carbocycles. The lowest BCUT2D eigenvalue weighted by atomic mass is 10.3. The van der Waals surface area contributed by atoms with Gasteiger partial charge < -0.3 is 5.32 Å². The number of carbonyl (C=O) groups excluding carboxylic acids is 1. The number of imidazole rings is 1. The molecule has 1 N–H and O–H groups in total. The van der Waals surface area contributed by atoms with Gasteiger partial charge >= 0.3 is 6.55 Å². The number of sulfone groups is 1. The lowest BCUT2D eigenvalue weighted by Crippen LogP contribution is -2.36. The number of thioether (sulfide) groups is 1. The molecule has 24 heavy (non-hydrogen) atoms. The molecule has 2 heterocycles. The van der Waals surface area contributed by atoms with Crippen LogP contribution in [-0.4, -0.2) is 47.2 Å². The lowest BCUT2D eigenvalue weighted by molar-refractivity contribution is -0.119. The van der Waals surface area contributed by atoms with E-state index in [1.54, 1.807) is 24.3 Å². The number of fused-ring (bicyclic) bond motifs is 1. The van der Waals surface area contributed by atoms with Crippen molar-refractivity contribution in [3.05, 3.63) is 24.3 Å². The van der Waals surface area contributed by atoms with Crippen LogP contribution < -0.4 is 5.32 Å². The highest BCUT2D eigenvalue weighted by Gasteiger charge is 2.29. The zero-order chi connectivity index (χ0) is 17.3. The number of carbonyl (C=O) groups is 1. The number of nitrogens with zero attached hydrogens (tertiary/aromatic N) is 2. The van der Waals surface area contributed by atoms with Crippen molar-refractivity contribution in [2.24, 2.45) is 0 Å². The van der Waals surface area contributed by atoms with E-state index in [0.717, 1.165) is 16.3 Å². The maximum atomic E-state index is 13.3. The van der Waals surface area contributed by atoms with E-state index in [2.05, 4.69) is 10.3 Å². The van der Waals surface area contributed by atoms with Gasteiger partial charge in [-0.3, -0.25) is 9.36 Å². The van der Waals surface area contributed by atoms with Gasteiger partial charge in [-0.15, -0.1) is 0 Å². The summed E-state index contributed by atoms with van der Waals surface area (Å²) >= 11 is 0.903. The van der Waals surface area contributed by atoms with Crippen LogP contribution in [0.4, 0.5) is 8.78 Å². The van der Waals surface area contributed by atoms with Crippen LogP contribution in [0.3, 0.4) is 0 Å². The van der Waals surface area contributed by atoms with E-state index in [9.17, 15) is 22.0 Å². The van der Waals surface area contributed by atoms with Gasteiger partial charge in [0.25, 0.3) is 0 Å². The van der Waals surface area contributed by atoms with Crippen LogP contribution in [0, 0.1) is 0 Å². The summed E-state index contributed by atoms with van der Waals surface area (Å²) in [7, 11) is -3.08. The van der Waals surface area contributed by atoms with Crippen LogP contribution in [0.1, 0.15) is 13.0 Å². The fourth-order valence-electron chi connectivity index (χ4n) is 2.62. The van der Waals surface area contributed by atoms with Gasteiger partial charge in [-0.25, -0.2) is 13.4 Å². The Balaban J connectivity index is 1.67. The summed E-state index contributed by atoms with van der Waals surface area (Å²) in [5.41, 5.74) is 0.736. The van der Waals surface area contributed by atoms with Gasteiger partial charge in [-0.2, -0.15) is 8.78 Å². The maximum Gasteiger partial charge on any atom is 0.321 e. The fraction of sp³-hybridized carbons (Fsp3) is 0.429. The van der Waals surface area contributed by atoms with E-state index in [1.165, 1.54) is 0 Å². The molecule has 0 saturated carbocycles. The van der Waals surface area contributed by atoms with Crippen LogP contribution in [0.25, 0.3) is 11.0 Å². The van der Waals surface area contributed by atoms with Gasteiger partial charge in [0, 0.05) is 6.04 Å². The average Bonchev–Trinajstić information content (AvgIpc) is 3.04. The second-order valence-corrected chi connectivity index (χ2v) is 8.66. The van der Waals surface area contributed by atoms with E-state index in [4.69, 9.17) is 0 Å². The Labute approximate surface area is 141 Å². The van der Waals surface area contributed by atoms with Crippen LogP contribution >= 0.6 is 11.8 Å². The number of amides is 1. The summed E-state index contributed by atoms with van der Waals surface area (Å²) in [6, 6.07) is 6.11. The van der Waals surface area contributed by atoms with Crippen LogP contribution in [0.2, 0.25) is 0 Å². The van der Waals surface area contributed by atoms with Crippen molar-refractivity contribution in [3.8, 4) is 0 Å². The molecule has 1 atom stereocenters. The van der Waals surface area contributed by atoms with Gasteiger partial charge in [0.1, 0.15) is 0 Å². The van der Waals surface area contributed by atoms with Crippen molar-refractivity contribution >= 4 is 38.5 Å². The average molecular weight is 375 g/mol. The molecule has 1 unspecified atom stereocenters. The highest BCUT2D eigenvalue weighted by molar-refractivity contribution is 7.99. The molecular formula is C14H15F2N3O3S2. The van der Waals surface area contributed by atoms with Crippen molar-refractivity contribution in [2.75, 3.05) is 17.3 Å². The van der Waals surface area contributed by atoms with Gasteiger partial charge in [-0.1, -0.05) is 23.9 Å². The van der Waals surface area contributed by atoms with E-state index in [0.29, 0.717) is 17.5 Å². The van der Waals surface area contributed by atoms with Crippen molar-refractivity contribution in [1.29, 1.82) is 0 Å². The number of halogens is 2. The Bertz CT molecular complexity index is 867. The van der Waals surface area contributed by atoms with E-state index in [-0.39, 0.29) is 22.4 Å². The Kier molecular flexibility index (Phi) is 4.77. The number of benzene rings is 1. The molecular weight excluding hydrogens is 360 g/mol. The Morgan fingerprint density at radius 3 is 2.83 bits per heavy atom. The summed E-state index contributed by atoms with van der Waals surface area (Å²) in [6.45, 7) is -2.76. The van der Waals surface area contributed by atoms with Crippen molar-refractivity contribution < 1.29 is 22.0 Å². The molecule has 130 valence electrons. The third-order valence-electron chi connectivity index (χ3n) is 3.69. The monoisotopic (exact) mass is 375 g/mol. The molecule has 1 fully saturated rings. The molecule has 10 heteroatoms. The molecule has 1 aliphatic rings. The zero-order valence-electron chi connectivity index (χ0n) is 12.5. The minimum atomic E-state index is -3.08. The first kappa shape index (κ1) is 17.2. The molecule has 2 aromatic rings. The first-order valence-electron chi connectivity index (χ1n) is 7.23. The molecule has 0 radical (unpaired) electrons. The molecule has 3 rings (SSSR count). The Morgan fingerprint density at radius 1 is 1.42 bits per heavy atom. The van der Waals surface area contributed by atoms with Gasteiger partial charge in [-0.05, 0) is 18.6 Å². The van der Waals surface area contributed by atoms with Crippen molar-refractivity contribution in [3.63, 3.8) is 0 Å². The number of rotatable bonds is 5. The first-order valence-corrected chi connectivity index (χ1v) is 10.0. The smallest absolute Gasteiger partial charge is 0.321 e. The Hall–Kier alpha value is -1.68. The minimum Gasteiger partial charge on any atom is -0.352 e. The number of nitrogens with one attached hydrogen (secondary N) is 1. The summed E-state index contributed by atoms with van der Waals surface area (Å²) < 4.78 is 50.1. The fourth-order valence-corrected chi connectivity index (χ4v) is 5.12. The highest BCUT2D eigenvalue weighted by atomic mass is 32.2. The predicted molar refractivity (Wildman–Crippen MR) is 86.9 cm³/mol. The minimum absolute atomic E-state index is 0.0559. The lowest BCUT2D eigenvalue weighted by Gasteiger charge is -2.11.